The van der Waals surface area contributed by atoms with Crippen LogP contribution in [0.5, 0.6) is 0 Å². The van der Waals surface area contributed by atoms with Crippen LogP contribution in [-0.2, 0) is 9.59 Å². The predicted octanol–water partition coefficient (Wildman–Crippen LogP) is 0.338. The lowest BCUT2D eigenvalue weighted by Gasteiger charge is -2.32. The number of nitrogens with zero attached hydrogens (tertiary/aromatic N) is 3. The van der Waals surface area contributed by atoms with Gasteiger partial charge in [-0.1, -0.05) is 6.42 Å². The quantitative estimate of drug-likeness (QED) is 0.792. The van der Waals surface area contributed by atoms with Gasteiger partial charge in [0.1, 0.15) is 5.71 Å². The maximum Gasteiger partial charge on any atom is 0.267 e. The topological polar surface area (TPSA) is 65.0 Å². The lowest BCUT2D eigenvalue weighted by Crippen LogP contribution is -2.49. The molecule has 3 rings (SSSR count). The molecular weight excluding hydrogens is 256 g/mol. The molecule has 0 spiro atoms. The summed E-state index contributed by atoms with van der Waals surface area (Å²) in [5, 5.41) is 8.50. The lowest BCUT2D eigenvalue weighted by atomic mass is 9.98. The average molecular weight is 278 g/mol. The second-order valence-electron chi connectivity index (χ2n) is 5.93. The number of fused-ring (bicyclic) bond motifs is 1. The summed E-state index contributed by atoms with van der Waals surface area (Å²) < 4.78 is 0. The number of carbonyl (C=O) groups excluding carboxylic acids is 2. The molecule has 20 heavy (non-hydrogen) atoms. The largest absolute Gasteiger partial charge is 0.347 e. The zero-order chi connectivity index (χ0) is 14.1. The van der Waals surface area contributed by atoms with Crippen LogP contribution in [-0.4, -0.2) is 59.7 Å². The summed E-state index contributed by atoms with van der Waals surface area (Å²) in [5.74, 6) is -0.123. The van der Waals surface area contributed by atoms with Crippen molar-refractivity contribution in [3.05, 3.63) is 0 Å². The highest BCUT2D eigenvalue weighted by Crippen LogP contribution is 2.27. The van der Waals surface area contributed by atoms with Crippen LogP contribution < -0.4 is 5.32 Å². The minimum absolute atomic E-state index is 0.0270. The Morgan fingerprint density at radius 2 is 2.10 bits per heavy atom. The van der Waals surface area contributed by atoms with Crippen LogP contribution in [0.1, 0.15) is 38.5 Å². The number of amides is 2. The molecule has 0 aliphatic carbocycles. The number of piperidine rings is 1. The molecule has 3 aliphatic heterocycles. The molecule has 0 aromatic rings. The number of hydrazone groups is 1. The first-order valence-electron chi connectivity index (χ1n) is 7.54. The monoisotopic (exact) mass is 278 g/mol. The van der Waals surface area contributed by atoms with Crippen molar-refractivity contribution in [2.24, 2.45) is 5.10 Å². The van der Waals surface area contributed by atoms with Gasteiger partial charge in [0.15, 0.2) is 0 Å². The summed E-state index contributed by atoms with van der Waals surface area (Å²) >= 11 is 0. The Hall–Kier alpha value is -1.43. The van der Waals surface area contributed by atoms with Crippen molar-refractivity contribution in [3.8, 4) is 0 Å². The van der Waals surface area contributed by atoms with Crippen molar-refractivity contribution in [3.63, 3.8) is 0 Å². The van der Waals surface area contributed by atoms with E-state index in [4.69, 9.17) is 0 Å². The second-order valence-corrected chi connectivity index (χ2v) is 5.93. The van der Waals surface area contributed by atoms with Crippen molar-refractivity contribution in [2.45, 2.75) is 50.6 Å². The van der Waals surface area contributed by atoms with Gasteiger partial charge in [0.2, 0.25) is 5.91 Å². The lowest BCUT2D eigenvalue weighted by molar-refractivity contribution is -0.130. The van der Waals surface area contributed by atoms with Crippen LogP contribution in [0, 0.1) is 0 Å². The molecule has 0 saturated carbocycles. The highest BCUT2D eigenvalue weighted by atomic mass is 16.2. The van der Waals surface area contributed by atoms with Crippen LogP contribution in [0.15, 0.2) is 5.10 Å². The summed E-state index contributed by atoms with van der Waals surface area (Å²) in [6.07, 6.45) is 5.57. The van der Waals surface area contributed by atoms with Gasteiger partial charge in [-0.25, -0.2) is 5.01 Å². The molecule has 6 heteroatoms. The first-order chi connectivity index (χ1) is 9.65. The maximum absolute atomic E-state index is 12.3. The minimum atomic E-state index is -0.0956. The van der Waals surface area contributed by atoms with Gasteiger partial charge in [0, 0.05) is 38.5 Å². The number of carbonyl (C=O) groups is 2. The molecule has 3 heterocycles. The predicted molar refractivity (Wildman–Crippen MR) is 75.2 cm³/mol. The van der Waals surface area contributed by atoms with E-state index in [1.807, 2.05) is 0 Å². The SMILES string of the molecule is CN1N=C(C(=O)N[C@H]2CCN3CCCC[C@@H]23)CCC1=O. The Balaban J connectivity index is 1.62. The van der Waals surface area contributed by atoms with E-state index in [0.29, 0.717) is 24.6 Å². The molecule has 6 nitrogen and oxygen atoms in total. The zero-order valence-corrected chi connectivity index (χ0v) is 12.0. The molecule has 110 valence electrons. The van der Waals surface area contributed by atoms with Gasteiger partial charge >= 0.3 is 0 Å². The first kappa shape index (κ1) is 13.5. The number of hydrogen-bond acceptors (Lipinski definition) is 4. The van der Waals surface area contributed by atoms with E-state index >= 15 is 0 Å². The fourth-order valence-electron chi connectivity index (χ4n) is 3.50. The molecule has 0 radical (unpaired) electrons. The molecule has 0 aromatic carbocycles. The van der Waals surface area contributed by atoms with E-state index in [-0.39, 0.29) is 17.9 Å². The second kappa shape index (κ2) is 5.52. The van der Waals surface area contributed by atoms with Gasteiger partial charge in [-0.15, -0.1) is 0 Å². The third-order valence-corrected chi connectivity index (χ3v) is 4.64. The summed E-state index contributed by atoms with van der Waals surface area (Å²) in [7, 11) is 1.60. The third kappa shape index (κ3) is 2.57. The molecule has 2 amide bonds. The van der Waals surface area contributed by atoms with Crippen molar-refractivity contribution >= 4 is 17.5 Å². The smallest absolute Gasteiger partial charge is 0.267 e. The first-order valence-corrected chi connectivity index (χ1v) is 7.54. The van der Waals surface area contributed by atoms with Gasteiger partial charge in [0.05, 0.1) is 0 Å². The van der Waals surface area contributed by atoms with Gasteiger partial charge in [-0.05, 0) is 25.8 Å². The van der Waals surface area contributed by atoms with Crippen LogP contribution in [0.3, 0.4) is 0 Å². The molecule has 0 unspecified atom stereocenters. The van der Waals surface area contributed by atoms with E-state index in [0.717, 1.165) is 19.5 Å². The Labute approximate surface area is 119 Å². The van der Waals surface area contributed by atoms with Crippen LogP contribution in [0.2, 0.25) is 0 Å². The molecule has 2 saturated heterocycles. The molecule has 2 atom stereocenters. The average Bonchev–Trinajstić information content (AvgIpc) is 2.85. The molecule has 1 N–H and O–H groups in total. The van der Waals surface area contributed by atoms with Gasteiger partial charge in [-0.2, -0.15) is 5.10 Å². The Morgan fingerprint density at radius 3 is 2.90 bits per heavy atom. The zero-order valence-electron chi connectivity index (χ0n) is 12.0. The van der Waals surface area contributed by atoms with Crippen molar-refractivity contribution in [1.82, 2.24) is 15.2 Å². The number of nitrogens with one attached hydrogen (secondary N) is 1. The van der Waals surface area contributed by atoms with Crippen molar-refractivity contribution < 1.29 is 9.59 Å². The molecule has 2 fully saturated rings. The Kier molecular flexibility index (Phi) is 3.74. The van der Waals surface area contributed by atoms with Gasteiger partial charge < -0.3 is 5.32 Å². The van der Waals surface area contributed by atoms with Crippen LogP contribution in [0.4, 0.5) is 0 Å². The van der Waals surface area contributed by atoms with E-state index in [1.54, 1.807) is 7.05 Å². The summed E-state index contributed by atoms with van der Waals surface area (Å²) in [6, 6.07) is 0.740. The summed E-state index contributed by atoms with van der Waals surface area (Å²) in [4.78, 5) is 26.2. The van der Waals surface area contributed by atoms with Crippen LogP contribution >= 0.6 is 0 Å². The summed E-state index contributed by atoms with van der Waals surface area (Å²) in [5.41, 5.74) is 0.487. The number of hydrogen-bond donors (Lipinski definition) is 1. The highest BCUT2D eigenvalue weighted by Gasteiger charge is 2.37. The Morgan fingerprint density at radius 1 is 1.25 bits per heavy atom. The van der Waals surface area contributed by atoms with Gasteiger partial charge in [0.25, 0.3) is 5.91 Å². The van der Waals surface area contributed by atoms with Crippen molar-refractivity contribution in [2.75, 3.05) is 20.1 Å². The molecule has 0 bridgehead atoms. The van der Waals surface area contributed by atoms with Crippen molar-refractivity contribution in [1.29, 1.82) is 0 Å². The fraction of sp³-hybridized carbons (Fsp3) is 0.786. The van der Waals surface area contributed by atoms with E-state index < -0.39 is 0 Å². The third-order valence-electron chi connectivity index (χ3n) is 4.64. The van der Waals surface area contributed by atoms with E-state index in [1.165, 1.54) is 24.3 Å². The normalized spacial score (nSPS) is 30.9. The minimum Gasteiger partial charge on any atom is -0.347 e. The standard InChI is InChI=1S/C14H22N4O2/c1-17-13(19)6-5-11(16-17)14(20)15-10-7-9-18-8-3-2-4-12(10)18/h10,12H,2-9H2,1H3,(H,15,20)/t10-,12-/m0/s1. The van der Waals surface area contributed by atoms with Crippen LogP contribution in [0.25, 0.3) is 0 Å². The molecule has 0 aromatic heterocycles. The Bertz CT molecular complexity index is 448. The summed E-state index contributed by atoms with van der Waals surface area (Å²) in [6.45, 7) is 2.25. The highest BCUT2D eigenvalue weighted by molar-refractivity contribution is 6.39. The van der Waals surface area contributed by atoms with E-state index in [9.17, 15) is 9.59 Å². The maximum atomic E-state index is 12.3. The molecular formula is C14H22N4O2. The number of rotatable bonds is 2. The van der Waals surface area contributed by atoms with E-state index in [2.05, 4.69) is 15.3 Å². The fourth-order valence-corrected chi connectivity index (χ4v) is 3.50. The molecule has 3 aliphatic rings. The van der Waals surface area contributed by atoms with Gasteiger partial charge in [-0.3, -0.25) is 14.5 Å².